The highest BCUT2D eigenvalue weighted by atomic mass is 16.8. The number of nitrogens with two attached hydrogens (primary N) is 1. The molecule has 4 aromatic rings. The van der Waals surface area contributed by atoms with Crippen LogP contribution in [0.1, 0.15) is 72.7 Å². The SMILES string of the molecule is CC(C)N(CC1OCC2(n3cnc4c(N)ncnc43)OC(C)(C)OC12)C(=O)CCCc1nc2ccc(C(C)(C)C)cc2[nH]1. The Morgan fingerprint density at radius 1 is 1.23 bits per heavy atom. The molecule has 0 bridgehead atoms. The van der Waals surface area contributed by atoms with E-state index in [4.69, 9.17) is 24.9 Å². The van der Waals surface area contributed by atoms with Crippen LogP contribution in [0.15, 0.2) is 30.9 Å². The predicted molar refractivity (Wildman–Crippen MR) is 162 cm³/mol. The van der Waals surface area contributed by atoms with Gasteiger partial charge in [0.05, 0.1) is 24.0 Å². The first-order valence-corrected chi connectivity index (χ1v) is 15.0. The van der Waals surface area contributed by atoms with Gasteiger partial charge in [0.1, 0.15) is 29.9 Å². The molecule has 5 heterocycles. The molecule has 3 unspecified atom stereocenters. The molecule has 2 fully saturated rings. The summed E-state index contributed by atoms with van der Waals surface area (Å²) in [5.41, 5.74) is 9.37. The Hall–Kier alpha value is -3.61. The molecule has 0 radical (unpaired) electrons. The summed E-state index contributed by atoms with van der Waals surface area (Å²) >= 11 is 0. The van der Waals surface area contributed by atoms with Gasteiger partial charge in [0.15, 0.2) is 17.3 Å². The molecule has 1 amide bonds. The smallest absolute Gasteiger partial charge is 0.222 e. The maximum atomic E-state index is 13.6. The van der Waals surface area contributed by atoms with Gasteiger partial charge in [-0.3, -0.25) is 9.36 Å². The quantitative estimate of drug-likeness (QED) is 0.310. The summed E-state index contributed by atoms with van der Waals surface area (Å²) in [6.07, 6.45) is 3.90. The average Bonchev–Trinajstić information content (AvgIpc) is 3.67. The van der Waals surface area contributed by atoms with Gasteiger partial charge in [-0.15, -0.1) is 0 Å². The molecule has 1 aromatic carbocycles. The second kappa shape index (κ2) is 10.5. The lowest BCUT2D eigenvalue weighted by Gasteiger charge is -2.32. The van der Waals surface area contributed by atoms with E-state index in [1.165, 1.54) is 11.9 Å². The monoisotopic (exact) mass is 590 g/mol. The van der Waals surface area contributed by atoms with Crippen LogP contribution in [-0.4, -0.2) is 77.5 Å². The van der Waals surface area contributed by atoms with Gasteiger partial charge >= 0.3 is 0 Å². The van der Waals surface area contributed by atoms with Gasteiger partial charge in [-0.25, -0.2) is 19.9 Å². The fourth-order valence-corrected chi connectivity index (χ4v) is 6.22. The number of benzene rings is 1. The van der Waals surface area contributed by atoms with E-state index in [-0.39, 0.29) is 24.0 Å². The summed E-state index contributed by atoms with van der Waals surface area (Å²) in [6.45, 7) is 15.0. The molecule has 6 rings (SSSR count). The Kier molecular flexibility index (Phi) is 7.22. The Morgan fingerprint density at radius 3 is 2.77 bits per heavy atom. The number of hydrogen-bond donors (Lipinski definition) is 2. The molecular weight excluding hydrogens is 548 g/mol. The Balaban J connectivity index is 1.15. The lowest BCUT2D eigenvalue weighted by molar-refractivity contribution is -0.205. The van der Waals surface area contributed by atoms with E-state index >= 15 is 0 Å². The molecule has 3 atom stereocenters. The van der Waals surface area contributed by atoms with Crippen LogP contribution < -0.4 is 5.73 Å². The largest absolute Gasteiger partial charge is 0.382 e. The number of imidazole rings is 2. The highest BCUT2D eigenvalue weighted by Gasteiger charge is 2.63. The zero-order chi connectivity index (χ0) is 30.7. The first-order chi connectivity index (χ1) is 20.3. The van der Waals surface area contributed by atoms with Gasteiger partial charge in [-0.1, -0.05) is 26.8 Å². The van der Waals surface area contributed by atoms with Crippen LogP contribution in [0.5, 0.6) is 0 Å². The van der Waals surface area contributed by atoms with Gasteiger partial charge in [-0.2, -0.15) is 0 Å². The maximum absolute atomic E-state index is 13.6. The van der Waals surface area contributed by atoms with E-state index in [2.05, 4.69) is 58.9 Å². The Morgan fingerprint density at radius 2 is 2.02 bits per heavy atom. The topological polar surface area (TPSA) is 146 Å². The fraction of sp³-hybridized carbons (Fsp3) is 0.581. The van der Waals surface area contributed by atoms with Crippen LogP contribution in [0.3, 0.4) is 0 Å². The zero-order valence-corrected chi connectivity index (χ0v) is 26.0. The molecule has 43 heavy (non-hydrogen) atoms. The molecule has 2 aliphatic heterocycles. The van der Waals surface area contributed by atoms with Crippen LogP contribution in [0.4, 0.5) is 5.82 Å². The minimum atomic E-state index is -1.01. The minimum Gasteiger partial charge on any atom is -0.382 e. The van der Waals surface area contributed by atoms with Crippen LogP contribution in [-0.2, 0) is 36.6 Å². The number of anilines is 1. The summed E-state index contributed by atoms with van der Waals surface area (Å²) in [4.78, 5) is 36.5. The molecule has 12 heteroatoms. The molecule has 12 nitrogen and oxygen atoms in total. The number of aromatic amines is 1. The van der Waals surface area contributed by atoms with Crippen molar-refractivity contribution in [2.75, 3.05) is 18.9 Å². The van der Waals surface area contributed by atoms with Crippen molar-refractivity contribution in [3.8, 4) is 0 Å². The predicted octanol–water partition coefficient (Wildman–Crippen LogP) is 4.05. The number of ether oxygens (including phenoxy) is 3. The van der Waals surface area contributed by atoms with Crippen molar-refractivity contribution in [2.45, 2.75) is 103 Å². The van der Waals surface area contributed by atoms with E-state index in [1.807, 2.05) is 37.2 Å². The Labute approximate surface area is 251 Å². The summed E-state index contributed by atoms with van der Waals surface area (Å²) in [6, 6.07) is 6.34. The van der Waals surface area contributed by atoms with E-state index < -0.39 is 23.7 Å². The third-order valence-corrected chi connectivity index (χ3v) is 8.41. The first-order valence-electron chi connectivity index (χ1n) is 15.0. The number of nitrogens with one attached hydrogen (secondary N) is 1. The number of carbonyl (C=O) groups excluding carboxylic acids is 1. The lowest BCUT2D eigenvalue weighted by atomic mass is 9.87. The van der Waals surface area contributed by atoms with Gasteiger partial charge in [0.2, 0.25) is 11.6 Å². The summed E-state index contributed by atoms with van der Waals surface area (Å²) < 4.78 is 21.1. The van der Waals surface area contributed by atoms with Crippen LogP contribution >= 0.6 is 0 Å². The summed E-state index contributed by atoms with van der Waals surface area (Å²) in [5, 5.41) is 0. The first kappa shape index (κ1) is 29.5. The van der Waals surface area contributed by atoms with E-state index in [1.54, 1.807) is 6.33 Å². The van der Waals surface area contributed by atoms with Crippen LogP contribution in [0.25, 0.3) is 22.2 Å². The molecule has 0 spiro atoms. The van der Waals surface area contributed by atoms with Crippen LogP contribution in [0, 0.1) is 0 Å². The van der Waals surface area contributed by atoms with Crippen molar-refractivity contribution in [1.29, 1.82) is 0 Å². The van der Waals surface area contributed by atoms with Crippen molar-refractivity contribution in [1.82, 2.24) is 34.4 Å². The number of carbonyl (C=O) groups is 1. The van der Waals surface area contributed by atoms with Crippen LogP contribution in [0.2, 0.25) is 0 Å². The van der Waals surface area contributed by atoms with Crippen molar-refractivity contribution >= 4 is 33.9 Å². The van der Waals surface area contributed by atoms with E-state index in [0.29, 0.717) is 42.8 Å². The molecule has 2 aliphatic rings. The van der Waals surface area contributed by atoms with Gasteiger partial charge in [0.25, 0.3) is 0 Å². The fourth-order valence-electron chi connectivity index (χ4n) is 6.22. The van der Waals surface area contributed by atoms with Crippen molar-refractivity contribution in [3.63, 3.8) is 0 Å². The molecule has 3 N–H and O–H groups in total. The number of rotatable bonds is 8. The molecule has 230 valence electrons. The average molecular weight is 591 g/mol. The van der Waals surface area contributed by atoms with Gasteiger partial charge in [-0.05, 0) is 57.2 Å². The Bertz CT molecular complexity index is 1650. The molecule has 0 aliphatic carbocycles. The van der Waals surface area contributed by atoms with E-state index in [9.17, 15) is 4.79 Å². The summed E-state index contributed by atoms with van der Waals surface area (Å²) in [7, 11) is 0. The second-order valence-electron chi connectivity index (χ2n) is 13.4. The van der Waals surface area contributed by atoms with Gasteiger partial charge in [0, 0.05) is 25.4 Å². The summed E-state index contributed by atoms with van der Waals surface area (Å²) in [5.74, 6) is 0.368. The maximum Gasteiger partial charge on any atom is 0.222 e. The van der Waals surface area contributed by atoms with Crippen molar-refractivity contribution in [3.05, 3.63) is 42.2 Å². The minimum absolute atomic E-state index is 0.0231. The third kappa shape index (κ3) is 5.36. The number of nitrogen functional groups attached to an aromatic ring is 1. The number of hydrogen-bond acceptors (Lipinski definition) is 9. The third-order valence-electron chi connectivity index (χ3n) is 8.41. The van der Waals surface area contributed by atoms with Crippen molar-refractivity contribution < 1.29 is 19.0 Å². The normalized spacial score (nSPS) is 23.4. The highest BCUT2D eigenvalue weighted by molar-refractivity contribution is 5.81. The number of amides is 1. The number of H-pyrrole nitrogens is 1. The zero-order valence-electron chi connectivity index (χ0n) is 26.0. The number of fused-ring (bicyclic) bond motifs is 3. The standard InChI is InChI=1S/C31H42N8O4/c1-18(2)38(24(40)10-8-9-23-36-20-12-11-19(29(3,4)5)13-21(20)37-23)14-22-26-31(15-41-22,43-30(6,7)42-26)39-17-35-25-27(32)33-16-34-28(25)39/h11-13,16-18,22,26H,8-10,14-15H2,1-7H3,(H,36,37)(H2,32,33,34). The molecule has 2 saturated heterocycles. The van der Waals surface area contributed by atoms with Crippen molar-refractivity contribution in [2.24, 2.45) is 0 Å². The number of aryl methyl sites for hydroxylation is 1. The molecule has 3 aromatic heterocycles. The van der Waals surface area contributed by atoms with E-state index in [0.717, 1.165) is 16.9 Å². The second-order valence-corrected chi connectivity index (χ2v) is 13.4. The highest BCUT2D eigenvalue weighted by Crippen LogP contribution is 2.47. The lowest BCUT2D eigenvalue weighted by Crippen LogP contribution is -2.49. The number of aromatic nitrogens is 6. The number of nitrogens with zero attached hydrogens (tertiary/aromatic N) is 6. The van der Waals surface area contributed by atoms with Gasteiger partial charge < -0.3 is 29.8 Å². The molecule has 0 saturated carbocycles. The molecular formula is C31H42N8O4.